The molecule has 0 spiro atoms. The molecule has 0 aromatic rings. The molecule has 0 rings (SSSR count). The van der Waals surface area contributed by atoms with Gasteiger partial charge in [0.2, 0.25) is 0 Å². The standard InChI is InChI=1S/C10H18O2/c1-8(2)10(6-11)5-9(3)7-12-4/h5-6,8-9H,7H2,1-4H3/b10-5-. The van der Waals surface area contributed by atoms with Gasteiger partial charge in [0, 0.05) is 7.11 Å². The molecule has 70 valence electrons. The zero-order chi connectivity index (χ0) is 9.56. The van der Waals surface area contributed by atoms with Crippen LogP contribution in [-0.2, 0) is 9.53 Å². The van der Waals surface area contributed by atoms with Crippen LogP contribution in [0.3, 0.4) is 0 Å². The van der Waals surface area contributed by atoms with Crippen LogP contribution in [0.4, 0.5) is 0 Å². The predicted octanol–water partition coefficient (Wildman–Crippen LogP) is 2.05. The quantitative estimate of drug-likeness (QED) is 0.466. The summed E-state index contributed by atoms with van der Waals surface area (Å²) in [6.45, 7) is 6.74. The number of carbonyl (C=O) groups excluding carboxylic acids is 1. The number of methoxy groups -OCH3 is 1. The van der Waals surface area contributed by atoms with Gasteiger partial charge in [-0.1, -0.05) is 26.8 Å². The van der Waals surface area contributed by atoms with Crippen molar-refractivity contribution >= 4 is 6.29 Å². The number of carbonyl (C=O) groups is 1. The van der Waals surface area contributed by atoms with E-state index < -0.39 is 0 Å². The van der Waals surface area contributed by atoms with Crippen molar-refractivity contribution in [2.75, 3.05) is 13.7 Å². The minimum absolute atomic E-state index is 0.307. The van der Waals surface area contributed by atoms with Crippen molar-refractivity contribution in [1.82, 2.24) is 0 Å². The lowest BCUT2D eigenvalue weighted by atomic mass is 10.0. The molecule has 0 aromatic carbocycles. The van der Waals surface area contributed by atoms with Gasteiger partial charge in [0.1, 0.15) is 6.29 Å². The number of aldehydes is 1. The Morgan fingerprint density at radius 1 is 1.42 bits per heavy atom. The highest BCUT2D eigenvalue weighted by molar-refractivity contribution is 5.73. The Bertz CT molecular complexity index is 159. The summed E-state index contributed by atoms with van der Waals surface area (Å²) in [4.78, 5) is 10.6. The Labute approximate surface area is 74.6 Å². The fraction of sp³-hybridized carbons (Fsp3) is 0.700. The molecule has 0 radical (unpaired) electrons. The lowest BCUT2D eigenvalue weighted by Crippen LogP contribution is -2.04. The SMILES string of the molecule is COCC(C)/C=C(/C=O)C(C)C. The first-order valence-electron chi connectivity index (χ1n) is 4.27. The van der Waals surface area contributed by atoms with Gasteiger partial charge in [-0.05, 0) is 17.4 Å². The number of allylic oxidation sites excluding steroid dienone is 1. The molecule has 12 heavy (non-hydrogen) atoms. The number of rotatable bonds is 5. The van der Waals surface area contributed by atoms with Gasteiger partial charge in [-0.3, -0.25) is 4.79 Å². The van der Waals surface area contributed by atoms with E-state index in [0.717, 1.165) is 11.9 Å². The van der Waals surface area contributed by atoms with Gasteiger partial charge in [-0.15, -0.1) is 0 Å². The third kappa shape index (κ3) is 4.29. The van der Waals surface area contributed by atoms with E-state index in [1.54, 1.807) is 7.11 Å². The van der Waals surface area contributed by atoms with Crippen LogP contribution in [0.2, 0.25) is 0 Å². The first-order chi connectivity index (χ1) is 5.61. The van der Waals surface area contributed by atoms with E-state index in [0.29, 0.717) is 18.4 Å². The van der Waals surface area contributed by atoms with Crippen LogP contribution in [0.15, 0.2) is 11.6 Å². The fourth-order valence-electron chi connectivity index (χ4n) is 1.01. The van der Waals surface area contributed by atoms with Crippen molar-refractivity contribution in [1.29, 1.82) is 0 Å². The van der Waals surface area contributed by atoms with Crippen LogP contribution in [0.5, 0.6) is 0 Å². The highest BCUT2D eigenvalue weighted by atomic mass is 16.5. The highest BCUT2D eigenvalue weighted by Crippen LogP contribution is 2.10. The Hall–Kier alpha value is -0.630. The summed E-state index contributed by atoms with van der Waals surface area (Å²) >= 11 is 0. The molecule has 0 bridgehead atoms. The van der Waals surface area contributed by atoms with Gasteiger partial charge < -0.3 is 4.74 Å². The van der Waals surface area contributed by atoms with Crippen molar-refractivity contribution in [2.24, 2.45) is 11.8 Å². The topological polar surface area (TPSA) is 26.3 Å². The lowest BCUT2D eigenvalue weighted by molar-refractivity contribution is -0.105. The lowest BCUT2D eigenvalue weighted by Gasteiger charge is -2.08. The summed E-state index contributed by atoms with van der Waals surface area (Å²) in [5.41, 5.74) is 0.861. The van der Waals surface area contributed by atoms with E-state index in [9.17, 15) is 4.79 Å². The normalized spacial score (nSPS) is 14.9. The molecule has 2 heteroatoms. The van der Waals surface area contributed by atoms with Gasteiger partial charge in [0.05, 0.1) is 6.61 Å². The minimum Gasteiger partial charge on any atom is -0.384 e. The molecule has 0 amide bonds. The molecule has 0 heterocycles. The molecule has 1 unspecified atom stereocenters. The van der Waals surface area contributed by atoms with Crippen molar-refractivity contribution in [3.05, 3.63) is 11.6 Å². The van der Waals surface area contributed by atoms with Gasteiger partial charge in [0.25, 0.3) is 0 Å². The van der Waals surface area contributed by atoms with E-state index in [2.05, 4.69) is 0 Å². The Kier molecular flexibility index (Phi) is 5.64. The molecule has 0 N–H and O–H groups in total. The zero-order valence-electron chi connectivity index (χ0n) is 8.33. The second kappa shape index (κ2) is 5.95. The van der Waals surface area contributed by atoms with E-state index in [1.165, 1.54) is 0 Å². The molecular formula is C10H18O2. The third-order valence-electron chi connectivity index (χ3n) is 1.71. The molecule has 0 aliphatic carbocycles. The molecule has 2 nitrogen and oxygen atoms in total. The van der Waals surface area contributed by atoms with Crippen LogP contribution in [0, 0.1) is 11.8 Å². The molecule has 0 aliphatic heterocycles. The number of hydrogen-bond donors (Lipinski definition) is 0. The molecule has 0 fully saturated rings. The molecule has 0 aliphatic rings. The van der Waals surface area contributed by atoms with Crippen molar-refractivity contribution < 1.29 is 9.53 Å². The van der Waals surface area contributed by atoms with Crippen LogP contribution in [-0.4, -0.2) is 20.0 Å². The van der Waals surface area contributed by atoms with Crippen LogP contribution in [0.1, 0.15) is 20.8 Å². The van der Waals surface area contributed by atoms with Gasteiger partial charge in [-0.2, -0.15) is 0 Å². The van der Waals surface area contributed by atoms with E-state index >= 15 is 0 Å². The van der Waals surface area contributed by atoms with E-state index in [-0.39, 0.29) is 0 Å². The molecular weight excluding hydrogens is 152 g/mol. The Morgan fingerprint density at radius 2 is 2.00 bits per heavy atom. The largest absolute Gasteiger partial charge is 0.384 e. The Balaban J connectivity index is 4.17. The van der Waals surface area contributed by atoms with E-state index in [1.807, 2.05) is 26.8 Å². The van der Waals surface area contributed by atoms with Crippen LogP contribution < -0.4 is 0 Å². The maximum absolute atomic E-state index is 10.6. The van der Waals surface area contributed by atoms with Crippen molar-refractivity contribution in [2.45, 2.75) is 20.8 Å². The maximum atomic E-state index is 10.6. The summed E-state index contributed by atoms with van der Waals surface area (Å²) in [7, 11) is 1.67. The predicted molar refractivity (Wildman–Crippen MR) is 50.0 cm³/mol. The Morgan fingerprint density at radius 3 is 2.33 bits per heavy atom. The van der Waals surface area contributed by atoms with Gasteiger partial charge in [0.15, 0.2) is 0 Å². The third-order valence-corrected chi connectivity index (χ3v) is 1.71. The highest BCUT2D eigenvalue weighted by Gasteiger charge is 2.04. The summed E-state index contributed by atoms with van der Waals surface area (Å²) in [5.74, 6) is 0.624. The zero-order valence-corrected chi connectivity index (χ0v) is 8.33. The monoisotopic (exact) mass is 170 g/mol. The summed E-state index contributed by atoms with van der Waals surface area (Å²) in [6, 6.07) is 0. The average Bonchev–Trinajstić information content (AvgIpc) is 2.00. The average molecular weight is 170 g/mol. The van der Waals surface area contributed by atoms with Crippen LogP contribution in [0.25, 0.3) is 0 Å². The molecule has 1 atom stereocenters. The summed E-state index contributed by atoms with van der Waals surface area (Å²) in [6.07, 6.45) is 2.90. The summed E-state index contributed by atoms with van der Waals surface area (Å²) in [5, 5.41) is 0. The van der Waals surface area contributed by atoms with E-state index in [4.69, 9.17) is 4.74 Å². The minimum atomic E-state index is 0.307. The molecule has 0 saturated heterocycles. The van der Waals surface area contributed by atoms with Crippen LogP contribution >= 0.6 is 0 Å². The second-order valence-electron chi connectivity index (χ2n) is 3.37. The van der Waals surface area contributed by atoms with Crippen molar-refractivity contribution in [3.8, 4) is 0 Å². The molecule has 0 saturated carbocycles. The molecule has 0 aromatic heterocycles. The second-order valence-corrected chi connectivity index (χ2v) is 3.37. The first kappa shape index (κ1) is 11.4. The van der Waals surface area contributed by atoms with Gasteiger partial charge >= 0.3 is 0 Å². The first-order valence-corrected chi connectivity index (χ1v) is 4.27. The van der Waals surface area contributed by atoms with Crippen molar-refractivity contribution in [3.63, 3.8) is 0 Å². The van der Waals surface area contributed by atoms with Gasteiger partial charge in [-0.25, -0.2) is 0 Å². The number of ether oxygens (including phenoxy) is 1. The fourth-order valence-corrected chi connectivity index (χ4v) is 1.01. The smallest absolute Gasteiger partial charge is 0.145 e. The number of hydrogen-bond acceptors (Lipinski definition) is 2. The summed E-state index contributed by atoms with van der Waals surface area (Å²) < 4.78 is 4.97. The maximum Gasteiger partial charge on any atom is 0.145 e.